The lowest BCUT2D eigenvalue weighted by Crippen LogP contribution is -2.14. The summed E-state index contributed by atoms with van der Waals surface area (Å²) in [5, 5.41) is 13.1. The highest BCUT2D eigenvalue weighted by molar-refractivity contribution is 7.18. The molecule has 0 aliphatic heterocycles. The lowest BCUT2D eigenvalue weighted by Gasteiger charge is -2.07. The topological polar surface area (TPSA) is 94.4 Å². The predicted octanol–water partition coefficient (Wildman–Crippen LogP) is 2.24. The van der Waals surface area contributed by atoms with E-state index < -0.39 is 4.92 Å². The number of aromatic nitrogens is 1. The molecule has 1 aromatic carbocycles. The van der Waals surface area contributed by atoms with Crippen LogP contribution in [0.25, 0.3) is 0 Å². The summed E-state index contributed by atoms with van der Waals surface area (Å²) in [5.74, 6) is 0.312. The van der Waals surface area contributed by atoms with Gasteiger partial charge < -0.3 is 10.1 Å². The van der Waals surface area contributed by atoms with E-state index >= 15 is 0 Å². The second kappa shape index (κ2) is 6.11. The third-order valence-corrected chi connectivity index (χ3v) is 3.33. The maximum absolute atomic E-state index is 11.9. The van der Waals surface area contributed by atoms with Gasteiger partial charge in [0, 0.05) is 5.56 Å². The van der Waals surface area contributed by atoms with Crippen LogP contribution in [-0.4, -0.2) is 22.9 Å². The van der Waals surface area contributed by atoms with Crippen molar-refractivity contribution in [2.75, 3.05) is 12.4 Å². The number of ether oxygens (including phenoxy) is 1. The first-order valence-electron chi connectivity index (χ1n) is 5.62. The van der Waals surface area contributed by atoms with E-state index in [-0.39, 0.29) is 22.5 Å². The van der Waals surface area contributed by atoms with E-state index in [1.54, 1.807) is 18.2 Å². The number of nitro groups is 1. The Morgan fingerprint density at radius 1 is 1.50 bits per heavy atom. The summed E-state index contributed by atoms with van der Waals surface area (Å²) in [5.41, 5.74) is 0.735. The normalized spacial score (nSPS) is 10.1. The van der Waals surface area contributed by atoms with Gasteiger partial charge in [-0.15, -0.1) is 0 Å². The van der Waals surface area contributed by atoms with E-state index in [2.05, 4.69) is 10.3 Å². The number of carbonyl (C=O) groups is 1. The van der Waals surface area contributed by atoms with Gasteiger partial charge in [-0.25, -0.2) is 4.98 Å². The summed E-state index contributed by atoms with van der Waals surface area (Å²) in [7, 11) is 1.53. The van der Waals surface area contributed by atoms with Crippen LogP contribution >= 0.6 is 11.3 Å². The molecular weight excluding hydrogens is 282 g/mol. The second-order valence-corrected chi connectivity index (χ2v) is 4.81. The molecule has 104 valence electrons. The van der Waals surface area contributed by atoms with Gasteiger partial charge in [0.15, 0.2) is 5.13 Å². The van der Waals surface area contributed by atoms with Gasteiger partial charge in [0.05, 0.1) is 18.5 Å². The number of rotatable bonds is 5. The van der Waals surface area contributed by atoms with Crippen molar-refractivity contribution in [3.8, 4) is 5.75 Å². The van der Waals surface area contributed by atoms with Crippen molar-refractivity contribution >= 4 is 27.4 Å². The highest BCUT2D eigenvalue weighted by Gasteiger charge is 2.14. The van der Waals surface area contributed by atoms with Crippen LogP contribution in [0.1, 0.15) is 5.56 Å². The molecule has 1 amide bonds. The first-order valence-corrected chi connectivity index (χ1v) is 6.43. The average molecular weight is 293 g/mol. The molecule has 0 aliphatic carbocycles. The Balaban J connectivity index is 2.03. The van der Waals surface area contributed by atoms with Gasteiger partial charge >= 0.3 is 5.00 Å². The SMILES string of the molecule is COc1ccccc1CC(=O)Nc1ncc([N+](=O)[O-])s1. The standard InChI is InChI=1S/C12H11N3O4S/c1-19-9-5-3-2-4-8(9)6-10(16)14-12-13-7-11(20-12)15(17)18/h2-5,7H,6H2,1H3,(H,13,14,16). The predicted molar refractivity (Wildman–Crippen MR) is 74.1 cm³/mol. The van der Waals surface area contributed by atoms with Crippen LogP contribution in [0.15, 0.2) is 30.5 Å². The number of methoxy groups -OCH3 is 1. The third kappa shape index (κ3) is 3.29. The first-order chi connectivity index (χ1) is 9.60. The lowest BCUT2D eigenvalue weighted by molar-refractivity contribution is -0.380. The molecule has 0 aliphatic rings. The Bertz CT molecular complexity index is 641. The monoisotopic (exact) mass is 293 g/mol. The zero-order valence-corrected chi connectivity index (χ0v) is 11.3. The smallest absolute Gasteiger partial charge is 0.345 e. The summed E-state index contributed by atoms with van der Waals surface area (Å²) in [6.07, 6.45) is 1.22. The minimum atomic E-state index is -0.548. The quantitative estimate of drug-likeness (QED) is 0.674. The molecule has 2 aromatic rings. The first kappa shape index (κ1) is 13.9. The van der Waals surface area contributed by atoms with Gasteiger partial charge in [-0.3, -0.25) is 14.9 Å². The minimum Gasteiger partial charge on any atom is -0.496 e. The average Bonchev–Trinajstić information content (AvgIpc) is 2.88. The van der Waals surface area contributed by atoms with Crippen molar-refractivity contribution in [3.63, 3.8) is 0 Å². The highest BCUT2D eigenvalue weighted by Crippen LogP contribution is 2.25. The minimum absolute atomic E-state index is 0.109. The molecule has 0 bridgehead atoms. The van der Waals surface area contributed by atoms with Gasteiger partial charge in [0.2, 0.25) is 5.91 Å². The van der Waals surface area contributed by atoms with Gasteiger partial charge in [-0.1, -0.05) is 18.2 Å². The molecule has 0 saturated carbocycles. The molecule has 0 saturated heterocycles. The molecule has 0 fully saturated rings. The molecule has 8 heteroatoms. The fraction of sp³-hybridized carbons (Fsp3) is 0.167. The summed E-state index contributed by atoms with van der Waals surface area (Å²) in [6, 6.07) is 7.16. The third-order valence-electron chi connectivity index (χ3n) is 2.46. The number of benzene rings is 1. The zero-order chi connectivity index (χ0) is 14.5. The van der Waals surface area contributed by atoms with Crippen molar-refractivity contribution in [3.05, 3.63) is 46.1 Å². The summed E-state index contributed by atoms with van der Waals surface area (Å²) < 4.78 is 5.15. The number of nitrogens with one attached hydrogen (secondary N) is 1. The Morgan fingerprint density at radius 2 is 2.25 bits per heavy atom. The van der Waals surface area contributed by atoms with Gasteiger partial charge in [-0.05, 0) is 17.4 Å². The molecular formula is C12H11N3O4S. The molecule has 7 nitrogen and oxygen atoms in total. The maximum atomic E-state index is 11.9. The van der Waals surface area contributed by atoms with Crippen molar-refractivity contribution in [1.82, 2.24) is 4.98 Å². The lowest BCUT2D eigenvalue weighted by atomic mass is 10.1. The number of hydrogen-bond donors (Lipinski definition) is 1. The Labute approximate surface area is 118 Å². The van der Waals surface area contributed by atoms with Crippen LogP contribution in [0.2, 0.25) is 0 Å². The Morgan fingerprint density at radius 3 is 2.90 bits per heavy atom. The van der Waals surface area contributed by atoms with E-state index in [0.717, 1.165) is 23.1 Å². The number of carbonyl (C=O) groups excluding carboxylic acids is 1. The van der Waals surface area contributed by atoms with Gasteiger partial charge in [0.1, 0.15) is 11.9 Å². The number of amides is 1. The summed E-state index contributed by atoms with van der Waals surface area (Å²) in [4.78, 5) is 25.6. The molecule has 1 aromatic heterocycles. The number of thiazole rings is 1. The molecule has 20 heavy (non-hydrogen) atoms. The van der Waals surface area contributed by atoms with Crippen LogP contribution in [0.5, 0.6) is 5.75 Å². The zero-order valence-electron chi connectivity index (χ0n) is 10.5. The van der Waals surface area contributed by atoms with E-state index in [9.17, 15) is 14.9 Å². The van der Waals surface area contributed by atoms with Gasteiger partial charge in [-0.2, -0.15) is 0 Å². The largest absolute Gasteiger partial charge is 0.496 e. The van der Waals surface area contributed by atoms with E-state index in [1.807, 2.05) is 6.07 Å². The van der Waals surface area contributed by atoms with E-state index in [4.69, 9.17) is 4.74 Å². The van der Waals surface area contributed by atoms with Crippen molar-refractivity contribution in [2.45, 2.75) is 6.42 Å². The highest BCUT2D eigenvalue weighted by atomic mass is 32.1. The Kier molecular flexibility index (Phi) is 4.26. The van der Waals surface area contributed by atoms with Crippen molar-refractivity contribution < 1.29 is 14.5 Å². The molecule has 1 heterocycles. The number of anilines is 1. The number of hydrogen-bond acceptors (Lipinski definition) is 6. The van der Waals surface area contributed by atoms with Gasteiger partial charge in [0.25, 0.3) is 0 Å². The van der Waals surface area contributed by atoms with E-state index in [1.165, 1.54) is 7.11 Å². The molecule has 1 N–H and O–H groups in total. The van der Waals surface area contributed by atoms with Crippen LogP contribution < -0.4 is 10.1 Å². The van der Waals surface area contributed by atoms with Crippen molar-refractivity contribution in [1.29, 1.82) is 0 Å². The number of para-hydroxylation sites is 1. The maximum Gasteiger partial charge on any atom is 0.345 e. The summed E-state index contributed by atoms with van der Waals surface area (Å²) in [6.45, 7) is 0. The Hall–Kier alpha value is -2.48. The van der Waals surface area contributed by atoms with Crippen LogP contribution in [0, 0.1) is 10.1 Å². The van der Waals surface area contributed by atoms with E-state index in [0.29, 0.717) is 5.75 Å². The summed E-state index contributed by atoms with van der Waals surface area (Å²) >= 11 is 0.816. The fourth-order valence-corrected chi connectivity index (χ4v) is 2.24. The van der Waals surface area contributed by atoms with Crippen LogP contribution in [-0.2, 0) is 11.2 Å². The van der Waals surface area contributed by atoms with Crippen LogP contribution in [0.4, 0.5) is 10.1 Å². The molecule has 0 atom stereocenters. The molecule has 0 radical (unpaired) electrons. The number of nitrogens with zero attached hydrogens (tertiary/aromatic N) is 2. The van der Waals surface area contributed by atoms with Crippen LogP contribution in [0.3, 0.4) is 0 Å². The van der Waals surface area contributed by atoms with Crippen molar-refractivity contribution in [2.24, 2.45) is 0 Å². The molecule has 0 spiro atoms. The molecule has 2 rings (SSSR count). The fourth-order valence-electron chi connectivity index (χ4n) is 1.59. The molecule has 0 unspecified atom stereocenters. The second-order valence-electron chi connectivity index (χ2n) is 3.80.